The lowest BCUT2D eigenvalue weighted by atomic mass is 10.2. The molecule has 9 heteroatoms. The van der Waals surface area contributed by atoms with Crippen molar-refractivity contribution in [3.8, 4) is 10.7 Å². The summed E-state index contributed by atoms with van der Waals surface area (Å²) in [4.78, 5) is 23.7. The lowest BCUT2D eigenvalue weighted by Crippen LogP contribution is -2.12. The van der Waals surface area contributed by atoms with Crippen LogP contribution in [-0.4, -0.2) is 25.6 Å². The molecule has 0 spiro atoms. The van der Waals surface area contributed by atoms with E-state index in [4.69, 9.17) is 4.52 Å². The van der Waals surface area contributed by atoms with Gasteiger partial charge in [0.2, 0.25) is 0 Å². The Morgan fingerprint density at radius 3 is 2.73 bits per heavy atom. The average Bonchev–Trinajstić information content (AvgIpc) is 3.39. The van der Waals surface area contributed by atoms with E-state index in [0.29, 0.717) is 16.4 Å². The van der Waals surface area contributed by atoms with Crippen LogP contribution in [0.2, 0.25) is 0 Å². The van der Waals surface area contributed by atoms with Gasteiger partial charge in [-0.05, 0) is 32.9 Å². The fraction of sp³-hybridized carbons (Fsp3) is 0.238. The number of imidazole rings is 1. The maximum absolute atomic E-state index is 13.0. The fourth-order valence-corrected chi connectivity index (χ4v) is 5.25. The van der Waals surface area contributed by atoms with Crippen LogP contribution < -0.4 is 5.32 Å². The molecule has 1 aromatic carbocycles. The number of nitrogens with zero attached hydrogens (tertiary/aromatic N) is 4. The molecule has 1 N–H and O–H groups in total. The Morgan fingerprint density at radius 2 is 2.03 bits per heavy atom. The van der Waals surface area contributed by atoms with Crippen LogP contribution in [0.5, 0.6) is 0 Å². The lowest BCUT2D eigenvalue weighted by Gasteiger charge is -2.08. The summed E-state index contributed by atoms with van der Waals surface area (Å²) in [7, 11) is 1.94. The van der Waals surface area contributed by atoms with Crippen LogP contribution in [0.4, 0.5) is 5.13 Å². The number of carbonyl (C=O) groups excluding carboxylic acids is 1. The predicted octanol–water partition coefficient (Wildman–Crippen LogP) is 5.00. The molecule has 0 bridgehead atoms. The van der Waals surface area contributed by atoms with E-state index in [-0.39, 0.29) is 5.91 Å². The summed E-state index contributed by atoms with van der Waals surface area (Å²) >= 11 is 3.01. The van der Waals surface area contributed by atoms with Gasteiger partial charge in [-0.15, -0.1) is 11.8 Å². The molecule has 0 aliphatic rings. The predicted molar refractivity (Wildman–Crippen MR) is 119 cm³/mol. The first-order valence-corrected chi connectivity index (χ1v) is 11.1. The highest BCUT2D eigenvalue weighted by Gasteiger charge is 2.18. The number of aromatic nitrogens is 4. The molecule has 0 radical (unpaired) electrons. The number of thioether (sulfide) groups is 1. The van der Waals surface area contributed by atoms with Crippen molar-refractivity contribution in [2.45, 2.75) is 31.4 Å². The second-order valence-corrected chi connectivity index (χ2v) is 8.85. The topological polar surface area (TPSA) is 85.8 Å². The van der Waals surface area contributed by atoms with Gasteiger partial charge in [-0.2, -0.15) is 0 Å². The zero-order valence-corrected chi connectivity index (χ0v) is 18.7. The van der Waals surface area contributed by atoms with E-state index in [2.05, 4.69) is 20.4 Å². The highest BCUT2D eigenvalue weighted by atomic mass is 32.2. The van der Waals surface area contributed by atoms with Crippen LogP contribution >= 0.6 is 23.1 Å². The van der Waals surface area contributed by atoms with Crippen molar-refractivity contribution in [2.24, 2.45) is 7.05 Å². The number of hydrogen-bond donors (Lipinski definition) is 1. The quantitative estimate of drug-likeness (QED) is 0.426. The van der Waals surface area contributed by atoms with Gasteiger partial charge < -0.3 is 9.09 Å². The van der Waals surface area contributed by atoms with Crippen LogP contribution in [0.1, 0.15) is 33.1 Å². The molecule has 3 aromatic heterocycles. The van der Waals surface area contributed by atoms with Gasteiger partial charge in [0, 0.05) is 35.7 Å². The number of amides is 1. The molecule has 0 saturated heterocycles. The van der Waals surface area contributed by atoms with Gasteiger partial charge in [0.15, 0.2) is 11.0 Å². The Morgan fingerprint density at radius 1 is 1.23 bits per heavy atom. The van der Waals surface area contributed by atoms with Gasteiger partial charge in [-0.1, -0.05) is 28.6 Å². The minimum atomic E-state index is -0.183. The van der Waals surface area contributed by atoms with E-state index >= 15 is 0 Å². The molecule has 4 rings (SSSR count). The largest absolute Gasteiger partial charge is 0.361 e. The molecule has 154 valence electrons. The molecule has 4 aromatic rings. The molecule has 0 unspecified atom stereocenters. The number of carbonyl (C=O) groups is 1. The van der Waals surface area contributed by atoms with E-state index in [1.807, 2.05) is 62.8 Å². The lowest BCUT2D eigenvalue weighted by molar-refractivity contribution is 0.102. The molecule has 3 heterocycles. The van der Waals surface area contributed by atoms with Crippen LogP contribution in [0.15, 0.2) is 46.1 Å². The normalized spacial score (nSPS) is 11.1. The number of nitrogens with one attached hydrogen (secondary N) is 1. The summed E-state index contributed by atoms with van der Waals surface area (Å²) in [6, 6.07) is 7.57. The summed E-state index contributed by atoms with van der Waals surface area (Å²) < 4.78 is 7.17. The van der Waals surface area contributed by atoms with Crippen LogP contribution in [0.3, 0.4) is 0 Å². The number of hydrogen-bond acceptors (Lipinski definition) is 7. The first-order chi connectivity index (χ1) is 14.4. The third-order valence-electron chi connectivity index (χ3n) is 4.73. The van der Waals surface area contributed by atoms with E-state index in [9.17, 15) is 4.79 Å². The third-order valence-corrected chi connectivity index (χ3v) is 6.90. The number of anilines is 1. The maximum atomic E-state index is 13.0. The molecule has 7 nitrogen and oxygen atoms in total. The SMILES string of the molecule is Cc1nc(NC(=O)c2ccccc2SCc2c(C)noc2C)sc1-c1nccn1C. The van der Waals surface area contributed by atoms with Gasteiger partial charge in [0.05, 0.1) is 21.8 Å². The Hall–Kier alpha value is -2.91. The summed E-state index contributed by atoms with van der Waals surface area (Å²) in [5, 5.41) is 7.50. The van der Waals surface area contributed by atoms with Crippen LogP contribution in [0.25, 0.3) is 10.7 Å². The van der Waals surface area contributed by atoms with Crippen molar-refractivity contribution in [3.05, 3.63) is 64.9 Å². The summed E-state index contributed by atoms with van der Waals surface area (Å²) in [5.74, 6) is 2.14. The van der Waals surface area contributed by atoms with Crippen molar-refractivity contribution in [1.82, 2.24) is 19.7 Å². The number of thiazole rings is 1. The minimum absolute atomic E-state index is 0.183. The smallest absolute Gasteiger partial charge is 0.258 e. The molecule has 0 aliphatic carbocycles. The van der Waals surface area contributed by atoms with Gasteiger partial charge in [0.25, 0.3) is 5.91 Å². The zero-order valence-electron chi connectivity index (χ0n) is 17.1. The fourth-order valence-electron chi connectivity index (χ4n) is 3.04. The molecule has 0 aliphatic heterocycles. The Kier molecular flexibility index (Phi) is 5.74. The first-order valence-electron chi connectivity index (χ1n) is 9.34. The van der Waals surface area contributed by atoms with E-state index < -0.39 is 0 Å². The molecule has 0 saturated carbocycles. The van der Waals surface area contributed by atoms with Crippen LogP contribution in [-0.2, 0) is 12.8 Å². The van der Waals surface area contributed by atoms with Gasteiger partial charge in [-0.25, -0.2) is 9.97 Å². The molecular weight excluding hydrogens is 418 g/mol. The monoisotopic (exact) mass is 439 g/mol. The van der Waals surface area contributed by atoms with Gasteiger partial charge >= 0.3 is 0 Å². The van der Waals surface area contributed by atoms with Crippen molar-refractivity contribution in [2.75, 3.05) is 5.32 Å². The molecule has 1 amide bonds. The van der Waals surface area contributed by atoms with Crippen molar-refractivity contribution in [3.63, 3.8) is 0 Å². The Labute approximate surface area is 182 Å². The molecule has 30 heavy (non-hydrogen) atoms. The molecule has 0 atom stereocenters. The van der Waals surface area contributed by atoms with E-state index in [0.717, 1.165) is 38.3 Å². The van der Waals surface area contributed by atoms with Crippen molar-refractivity contribution < 1.29 is 9.32 Å². The minimum Gasteiger partial charge on any atom is -0.361 e. The standard InChI is InChI=1S/C21H21N5O2S2/c1-12-16(14(3)28-25-12)11-29-17-8-6-5-7-15(17)20(27)24-21-23-13(2)18(30-21)19-22-9-10-26(19)4/h5-10H,11H2,1-4H3,(H,23,24,27). The maximum Gasteiger partial charge on any atom is 0.258 e. The second kappa shape index (κ2) is 8.45. The van der Waals surface area contributed by atoms with Gasteiger partial charge in [0.1, 0.15) is 5.76 Å². The number of aryl methyl sites for hydroxylation is 4. The second-order valence-electron chi connectivity index (χ2n) is 6.84. The summed E-state index contributed by atoms with van der Waals surface area (Å²) in [6.45, 7) is 5.75. The number of rotatable bonds is 6. The molecule has 0 fully saturated rings. The summed E-state index contributed by atoms with van der Waals surface area (Å²) in [6.07, 6.45) is 3.64. The Balaban J connectivity index is 1.53. The Bertz CT molecular complexity index is 1190. The number of benzene rings is 1. The van der Waals surface area contributed by atoms with Crippen molar-refractivity contribution >= 4 is 34.1 Å². The zero-order chi connectivity index (χ0) is 21.3. The van der Waals surface area contributed by atoms with Gasteiger partial charge in [-0.3, -0.25) is 10.1 Å². The third kappa shape index (κ3) is 4.03. The van der Waals surface area contributed by atoms with E-state index in [1.54, 1.807) is 18.0 Å². The first kappa shape index (κ1) is 20.4. The highest BCUT2D eigenvalue weighted by molar-refractivity contribution is 7.98. The highest BCUT2D eigenvalue weighted by Crippen LogP contribution is 2.33. The molecular formula is C21H21N5O2S2. The average molecular weight is 440 g/mol. The summed E-state index contributed by atoms with van der Waals surface area (Å²) in [5.41, 5.74) is 3.39. The van der Waals surface area contributed by atoms with Crippen molar-refractivity contribution in [1.29, 1.82) is 0 Å². The van der Waals surface area contributed by atoms with Crippen LogP contribution in [0, 0.1) is 20.8 Å². The van der Waals surface area contributed by atoms with E-state index in [1.165, 1.54) is 11.3 Å².